The molecule has 9 heteroatoms. The van der Waals surface area contributed by atoms with Gasteiger partial charge in [0.15, 0.2) is 11.6 Å². The molecule has 3 N–H and O–H groups in total. The first-order valence-corrected chi connectivity index (χ1v) is 11.1. The quantitative estimate of drug-likeness (QED) is 0.618. The van der Waals surface area contributed by atoms with Crippen molar-refractivity contribution in [3.63, 3.8) is 0 Å². The Bertz CT molecular complexity index is 937. The molecule has 7 nitrogen and oxygen atoms in total. The molecule has 2 fully saturated rings. The first kappa shape index (κ1) is 22.4. The highest BCUT2D eigenvalue weighted by Crippen LogP contribution is 2.34. The van der Waals surface area contributed by atoms with Gasteiger partial charge < -0.3 is 16.0 Å². The summed E-state index contributed by atoms with van der Waals surface area (Å²) in [5.41, 5.74) is 7.47. The van der Waals surface area contributed by atoms with E-state index in [1.165, 1.54) is 11.9 Å². The Morgan fingerprint density at radius 1 is 1.25 bits per heavy atom. The predicted octanol–water partition coefficient (Wildman–Crippen LogP) is 2.65. The first-order chi connectivity index (χ1) is 15.4. The van der Waals surface area contributed by atoms with E-state index in [0.29, 0.717) is 19.5 Å². The molecule has 1 aromatic carbocycles. The van der Waals surface area contributed by atoms with Crippen LogP contribution in [0.2, 0.25) is 0 Å². The van der Waals surface area contributed by atoms with Crippen molar-refractivity contribution in [2.24, 2.45) is 11.7 Å². The maximum Gasteiger partial charge on any atom is 0.231 e. The summed E-state index contributed by atoms with van der Waals surface area (Å²) in [6, 6.07) is 8.46. The Hall–Kier alpha value is -2.81. The number of anilines is 2. The van der Waals surface area contributed by atoms with E-state index in [0.717, 1.165) is 18.4 Å². The van der Waals surface area contributed by atoms with Crippen LogP contribution in [-0.2, 0) is 11.3 Å². The van der Waals surface area contributed by atoms with Crippen LogP contribution in [0.5, 0.6) is 0 Å². The molecule has 2 unspecified atom stereocenters. The number of rotatable bonds is 9. The van der Waals surface area contributed by atoms with Gasteiger partial charge in [-0.15, -0.1) is 0 Å². The van der Waals surface area contributed by atoms with Crippen LogP contribution in [0, 0.1) is 18.7 Å². The van der Waals surface area contributed by atoms with Crippen molar-refractivity contribution in [3.8, 4) is 0 Å². The first-order valence-electron chi connectivity index (χ1n) is 11.1. The number of alkyl halides is 1. The molecule has 2 aliphatic rings. The van der Waals surface area contributed by atoms with E-state index in [-0.39, 0.29) is 43.2 Å². The molecule has 2 atom stereocenters. The average Bonchev–Trinajstić information content (AvgIpc) is 3.59. The minimum absolute atomic E-state index is 0.0580. The van der Waals surface area contributed by atoms with Crippen LogP contribution in [0.4, 0.5) is 20.4 Å². The number of nitrogens with two attached hydrogens (primary N) is 1. The smallest absolute Gasteiger partial charge is 0.231 e. The molecule has 1 saturated carbocycles. The van der Waals surface area contributed by atoms with E-state index in [1.54, 1.807) is 4.90 Å². The second-order valence-electron chi connectivity index (χ2n) is 8.85. The molecule has 172 valence electrons. The van der Waals surface area contributed by atoms with E-state index in [1.807, 2.05) is 24.0 Å². The molecule has 1 amide bonds. The van der Waals surface area contributed by atoms with Crippen molar-refractivity contribution in [3.05, 3.63) is 47.5 Å². The van der Waals surface area contributed by atoms with Crippen LogP contribution >= 0.6 is 0 Å². The molecule has 32 heavy (non-hydrogen) atoms. The standard InChI is InChI=1S/C23H30F2N6O/c1-15-2-4-16(5-3-15)11-31(18-6-7-18)23-21(25)22(28-14-29-23)27-10-17-8-9-30(12-19(17)24)13-20(26)32/h2-5,14,17-19H,6-13H2,1H3,(H2,26,32)(H,27,28,29). The molecule has 2 heterocycles. The van der Waals surface area contributed by atoms with Crippen molar-refractivity contribution in [2.45, 2.75) is 44.9 Å². The van der Waals surface area contributed by atoms with Crippen molar-refractivity contribution in [1.82, 2.24) is 14.9 Å². The second-order valence-corrected chi connectivity index (χ2v) is 8.85. The number of carbonyl (C=O) groups is 1. The summed E-state index contributed by atoms with van der Waals surface area (Å²) in [6.45, 7) is 3.66. The minimum atomic E-state index is -1.12. The lowest BCUT2D eigenvalue weighted by atomic mass is 9.95. The van der Waals surface area contributed by atoms with Gasteiger partial charge in [-0.3, -0.25) is 9.69 Å². The summed E-state index contributed by atoms with van der Waals surface area (Å²) in [7, 11) is 0. The Balaban J connectivity index is 1.41. The van der Waals surface area contributed by atoms with E-state index >= 15 is 4.39 Å². The number of piperidine rings is 1. The fraction of sp³-hybridized carbons (Fsp3) is 0.522. The summed E-state index contributed by atoms with van der Waals surface area (Å²) in [5.74, 6) is -0.887. The third kappa shape index (κ3) is 5.51. The molecular weight excluding hydrogens is 414 g/mol. The Morgan fingerprint density at radius 2 is 2.00 bits per heavy atom. The monoisotopic (exact) mass is 444 g/mol. The van der Waals surface area contributed by atoms with Gasteiger partial charge in [-0.1, -0.05) is 29.8 Å². The van der Waals surface area contributed by atoms with Crippen molar-refractivity contribution in [2.75, 3.05) is 36.4 Å². The summed E-state index contributed by atoms with van der Waals surface area (Å²) >= 11 is 0. The lowest BCUT2D eigenvalue weighted by Crippen LogP contribution is -2.46. The normalized spacial score (nSPS) is 21.3. The number of nitrogens with one attached hydrogen (secondary N) is 1. The average molecular weight is 445 g/mol. The Morgan fingerprint density at radius 3 is 2.66 bits per heavy atom. The van der Waals surface area contributed by atoms with Crippen molar-refractivity contribution >= 4 is 17.5 Å². The Labute approximate surface area is 187 Å². The number of nitrogens with zero attached hydrogens (tertiary/aromatic N) is 4. The number of carbonyl (C=O) groups excluding carboxylic acids is 1. The van der Waals surface area contributed by atoms with Crippen LogP contribution in [-0.4, -0.2) is 59.2 Å². The summed E-state index contributed by atoms with van der Waals surface area (Å²) < 4.78 is 29.9. The van der Waals surface area contributed by atoms with Gasteiger partial charge in [-0.2, -0.15) is 4.39 Å². The third-order valence-corrected chi connectivity index (χ3v) is 6.18. The molecule has 0 bridgehead atoms. The van der Waals surface area contributed by atoms with Crippen molar-refractivity contribution in [1.29, 1.82) is 0 Å². The topological polar surface area (TPSA) is 87.4 Å². The zero-order valence-electron chi connectivity index (χ0n) is 18.3. The molecule has 0 spiro atoms. The molecule has 0 radical (unpaired) electrons. The van der Waals surface area contributed by atoms with Gasteiger partial charge in [0.2, 0.25) is 11.7 Å². The highest BCUT2D eigenvalue weighted by atomic mass is 19.1. The zero-order valence-corrected chi connectivity index (χ0v) is 18.3. The van der Waals surface area contributed by atoms with E-state index in [2.05, 4.69) is 27.4 Å². The highest BCUT2D eigenvalue weighted by molar-refractivity contribution is 5.75. The number of primary amides is 1. The maximum atomic E-state index is 15.4. The number of amides is 1. The number of halogens is 2. The zero-order chi connectivity index (χ0) is 22.7. The molecule has 1 aliphatic carbocycles. The lowest BCUT2D eigenvalue weighted by Gasteiger charge is -2.34. The number of hydrogen-bond donors (Lipinski definition) is 2. The summed E-state index contributed by atoms with van der Waals surface area (Å²) in [4.78, 5) is 23.1. The summed E-state index contributed by atoms with van der Waals surface area (Å²) in [5, 5.41) is 2.99. The van der Waals surface area contributed by atoms with Crippen LogP contribution in [0.15, 0.2) is 30.6 Å². The van der Waals surface area contributed by atoms with Gasteiger partial charge in [-0.05, 0) is 38.3 Å². The second kappa shape index (κ2) is 9.77. The predicted molar refractivity (Wildman–Crippen MR) is 120 cm³/mol. The maximum absolute atomic E-state index is 15.4. The molecule has 1 aromatic heterocycles. The third-order valence-electron chi connectivity index (χ3n) is 6.18. The Kier molecular flexibility index (Phi) is 6.83. The van der Waals surface area contributed by atoms with Gasteiger partial charge in [0.1, 0.15) is 12.5 Å². The molecule has 1 aliphatic heterocycles. The van der Waals surface area contributed by atoms with Crippen LogP contribution < -0.4 is 16.0 Å². The van der Waals surface area contributed by atoms with Gasteiger partial charge in [0.05, 0.1) is 6.54 Å². The van der Waals surface area contributed by atoms with Gasteiger partial charge in [0.25, 0.3) is 0 Å². The molecule has 4 rings (SSSR count). The molecule has 1 saturated heterocycles. The van der Waals surface area contributed by atoms with Gasteiger partial charge in [0, 0.05) is 31.6 Å². The van der Waals surface area contributed by atoms with Crippen LogP contribution in [0.25, 0.3) is 0 Å². The minimum Gasteiger partial charge on any atom is -0.369 e. The van der Waals surface area contributed by atoms with Crippen LogP contribution in [0.3, 0.4) is 0 Å². The number of likely N-dealkylation sites (tertiary alicyclic amines) is 1. The fourth-order valence-electron chi connectivity index (χ4n) is 4.18. The summed E-state index contributed by atoms with van der Waals surface area (Å²) in [6.07, 6.45) is 2.80. The molecule has 2 aromatic rings. The van der Waals surface area contributed by atoms with Gasteiger partial charge in [-0.25, -0.2) is 14.4 Å². The van der Waals surface area contributed by atoms with Crippen molar-refractivity contribution < 1.29 is 13.6 Å². The van der Waals surface area contributed by atoms with E-state index < -0.39 is 17.9 Å². The lowest BCUT2D eigenvalue weighted by molar-refractivity contribution is -0.119. The van der Waals surface area contributed by atoms with E-state index in [9.17, 15) is 9.18 Å². The fourth-order valence-corrected chi connectivity index (χ4v) is 4.18. The van der Waals surface area contributed by atoms with Crippen LogP contribution in [0.1, 0.15) is 30.4 Å². The number of hydrogen-bond acceptors (Lipinski definition) is 6. The number of aromatic nitrogens is 2. The van der Waals surface area contributed by atoms with E-state index in [4.69, 9.17) is 5.73 Å². The number of benzene rings is 1. The highest BCUT2D eigenvalue weighted by Gasteiger charge is 2.33. The molecular formula is C23H30F2N6O. The van der Waals surface area contributed by atoms with Gasteiger partial charge >= 0.3 is 0 Å². The SMILES string of the molecule is Cc1ccc(CN(c2ncnc(NCC3CCN(CC(N)=O)CC3F)c2F)C2CC2)cc1. The number of aryl methyl sites for hydroxylation is 1. The largest absolute Gasteiger partial charge is 0.369 e.